The summed E-state index contributed by atoms with van der Waals surface area (Å²) in [5.74, 6) is -0.264. The molecule has 2 fully saturated rings. The van der Waals surface area contributed by atoms with Crippen molar-refractivity contribution in [3.8, 4) is 5.69 Å². The van der Waals surface area contributed by atoms with E-state index in [9.17, 15) is 14.0 Å². The van der Waals surface area contributed by atoms with Crippen LogP contribution in [0.2, 0.25) is 0 Å². The number of fused-ring (bicyclic) bond motifs is 1. The third kappa shape index (κ3) is 3.66. The van der Waals surface area contributed by atoms with Gasteiger partial charge in [0.25, 0.3) is 0 Å². The van der Waals surface area contributed by atoms with Crippen LogP contribution in [0, 0.1) is 17.2 Å². The number of hydrogen-bond acceptors (Lipinski definition) is 3. The lowest BCUT2D eigenvalue weighted by Gasteiger charge is -2.31. The molecule has 7 heteroatoms. The lowest BCUT2D eigenvalue weighted by Crippen LogP contribution is -2.46. The summed E-state index contributed by atoms with van der Waals surface area (Å²) in [5, 5.41) is 8.59. The van der Waals surface area contributed by atoms with Crippen molar-refractivity contribution in [1.29, 1.82) is 0 Å². The second-order valence-corrected chi connectivity index (χ2v) is 10.3. The van der Waals surface area contributed by atoms with Crippen molar-refractivity contribution >= 4 is 28.4 Å². The van der Waals surface area contributed by atoms with E-state index < -0.39 is 5.41 Å². The fourth-order valence-electron chi connectivity index (χ4n) is 5.22. The van der Waals surface area contributed by atoms with Gasteiger partial charge in [-0.25, -0.2) is 9.07 Å². The van der Waals surface area contributed by atoms with Crippen LogP contribution in [0.5, 0.6) is 0 Å². The molecule has 0 radical (unpaired) electrons. The standard InChI is InChI=1S/C29H27FN4O2/c1-29(2)26(32-27(35)19-8-9-19)25(18-6-4-3-5-7-18)33(28(29)36)23-14-15-24-20(16-23)17-31-34(24)22-12-10-21(30)11-13-22/h3-7,10-17,19,25-26H,8-9H2,1-2H3,(H,32,35)/t25-,26-/m0/s1. The van der Waals surface area contributed by atoms with Crippen molar-refractivity contribution in [2.75, 3.05) is 4.90 Å². The number of aromatic nitrogens is 2. The second-order valence-electron chi connectivity index (χ2n) is 10.3. The molecule has 1 aromatic heterocycles. The topological polar surface area (TPSA) is 67.2 Å². The Hall–Kier alpha value is -4.00. The molecule has 36 heavy (non-hydrogen) atoms. The molecule has 6 nitrogen and oxygen atoms in total. The van der Waals surface area contributed by atoms with E-state index in [1.807, 2.05) is 67.3 Å². The van der Waals surface area contributed by atoms with Gasteiger partial charge < -0.3 is 10.2 Å². The summed E-state index contributed by atoms with van der Waals surface area (Å²) in [6.45, 7) is 3.82. The number of rotatable bonds is 5. The number of anilines is 1. The molecule has 2 amide bonds. The average Bonchev–Trinajstić information content (AvgIpc) is 3.62. The van der Waals surface area contributed by atoms with Gasteiger partial charge in [-0.15, -0.1) is 0 Å². The first-order valence-electron chi connectivity index (χ1n) is 12.3. The molecule has 2 atom stereocenters. The third-order valence-electron chi connectivity index (χ3n) is 7.43. The Kier molecular flexibility index (Phi) is 5.18. The molecule has 0 bridgehead atoms. The van der Waals surface area contributed by atoms with Crippen molar-refractivity contribution < 1.29 is 14.0 Å². The molecular formula is C29H27FN4O2. The first-order valence-corrected chi connectivity index (χ1v) is 12.3. The number of carbonyl (C=O) groups excluding carboxylic acids is 2. The van der Waals surface area contributed by atoms with Crippen LogP contribution in [0.1, 0.15) is 38.3 Å². The summed E-state index contributed by atoms with van der Waals surface area (Å²) in [4.78, 5) is 28.6. The van der Waals surface area contributed by atoms with Crippen molar-refractivity contribution in [2.24, 2.45) is 11.3 Å². The van der Waals surface area contributed by atoms with Crippen LogP contribution in [0.3, 0.4) is 0 Å². The summed E-state index contributed by atoms with van der Waals surface area (Å²) in [6.07, 6.45) is 3.56. The number of nitrogens with one attached hydrogen (secondary N) is 1. The first kappa shape index (κ1) is 22.5. The molecule has 0 spiro atoms. The van der Waals surface area contributed by atoms with Gasteiger partial charge in [-0.05, 0) is 74.7 Å². The van der Waals surface area contributed by atoms with Crippen molar-refractivity contribution in [3.05, 3.63) is 90.4 Å². The average molecular weight is 483 g/mol. The van der Waals surface area contributed by atoms with Gasteiger partial charge in [0, 0.05) is 17.0 Å². The Labute approximate surface area is 208 Å². The number of amides is 2. The van der Waals surface area contributed by atoms with E-state index in [4.69, 9.17) is 0 Å². The normalized spacial score (nSPS) is 21.2. The van der Waals surface area contributed by atoms with E-state index in [0.717, 1.165) is 40.7 Å². The van der Waals surface area contributed by atoms with Crippen molar-refractivity contribution in [2.45, 2.75) is 38.8 Å². The van der Waals surface area contributed by atoms with E-state index in [1.54, 1.807) is 23.0 Å². The van der Waals surface area contributed by atoms with Crippen LogP contribution in [0.4, 0.5) is 10.1 Å². The third-order valence-corrected chi connectivity index (χ3v) is 7.43. The Bertz CT molecular complexity index is 1460. The predicted molar refractivity (Wildman–Crippen MR) is 136 cm³/mol. The number of benzene rings is 3. The SMILES string of the molecule is CC1(C)C(=O)N(c2ccc3c(cnn3-c3ccc(F)cc3)c2)[C@@H](c2ccccc2)[C@@H]1NC(=O)C1CC1. The highest BCUT2D eigenvalue weighted by Gasteiger charge is 2.55. The molecule has 6 rings (SSSR count). The van der Waals surface area contributed by atoms with E-state index in [-0.39, 0.29) is 35.6 Å². The maximum atomic E-state index is 13.9. The lowest BCUT2D eigenvalue weighted by molar-refractivity contribution is -0.126. The van der Waals surface area contributed by atoms with Gasteiger partial charge in [-0.3, -0.25) is 9.59 Å². The van der Waals surface area contributed by atoms with Gasteiger partial charge in [0.05, 0.1) is 34.9 Å². The fourth-order valence-corrected chi connectivity index (χ4v) is 5.22. The van der Waals surface area contributed by atoms with Crippen LogP contribution in [0.25, 0.3) is 16.6 Å². The molecular weight excluding hydrogens is 455 g/mol. The zero-order valence-electron chi connectivity index (χ0n) is 20.2. The molecule has 2 heterocycles. The van der Waals surface area contributed by atoms with Gasteiger partial charge >= 0.3 is 0 Å². The molecule has 1 aliphatic heterocycles. The maximum absolute atomic E-state index is 13.9. The molecule has 1 aliphatic carbocycles. The van der Waals surface area contributed by atoms with E-state index in [2.05, 4.69) is 10.4 Å². The monoisotopic (exact) mass is 482 g/mol. The molecule has 182 valence electrons. The number of carbonyl (C=O) groups is 2. The van der Waals surface area contributed by atoms with Gasteiger partial charge in [0.1, 0.15) is 5.82 Å². The van der Waals surface area contributed by atoms with E-state index in [1.165, 1.54) is 12.1 Å². The molecule has 1 saturated carbocycles. The number of halogens is 1. The minimum absolute atomic E-state index is 0.0275. The Morgan fingerprint density at radius 2 is 1.69 bits per heavy atom. The maximum Gasteiger partial charge on any atom is 0.235 e. The summed E-state index contributed by atoms with van der Waals surface area (Å²) in [6, 6.07) is 21.1. The highest BCUT2D eigenvalue weighted by molar-refractivity contribution is 6.03. The minimum atomic E-state index is -0.793. The molecule has 1 N–H and O–H groups in total. The minimum Gasteiger partial charge on any atom is -0.350 e. The summed E-state index contributed by atoms with van der Waals surface area (Å²) in [7, 11) is 0. The highest BCUT2D eigenvalue weighted by Crippen LogP contribution is 2.47. The number of hydrogen-bond donors (Lipinski definition) is 1. The van der Waals surface area contributed by atoms with Crippen LogP contribution in [-0.2, 0) is 9.59 Å². The summed E-state index contributed by atoms with van der Waals surface area (Å²) >= 11 is 0. The quantitative estimate of drug-likeness (QED) is 0.427. The Balaban J connectivity index is 1.43. The zero-order valence-corrected chi connectivity index (χ0v) is 20.2. The van der Waals surface area contributed by atoms with Crippen molar-refractivity contribution in [3.63, 3.8) is 0 Å². The van der Waals surface area contributed by atoms with Crippen LogP contribution < -0.4 is 10.2 Å². The van der Waals surface area contributed by atoms with Gasteiger partial charge in [0.2, 0.25) is 11.8 Å². The molecule has 3 aromatic carbocycles. The summed E-state index contributed by atoms with van der Waals surface area (Å²) < 4.78 is 15.2. The molecule has 2 aliphatic rings. The van der Waals surface area contributed by atoms with E-state index >= 15 is 0 Å². The van der Waals surface area contributed by atoms with Gasteiger partial charge in [-0.2, -0.15) is 5.10 Å². The van der Waals surface area contributed by atoms with Crippen molar-refractivity contribution in [1.82, 2.24) is 15.1 Å². The lowest BCUT2D eigenvalue weighted by atomic mass is 9.82. The van der Waals surface area contributed by atoms with Gasteiger partial charge in [-0.1, -0.05) is 30.3 Å². The number of nitrogens with zero attached hydrogens (tertiary/aromatic N) is 3. The van der Waals surface area contributed by atoms with Crippen LogP contribution in [0.15, 0.2) is 79.0 Å². The first-order chi connectivity index (χ1) is 17.3. The van der Waals surface area contributed by atoms with E-state index in [0.29, 0.717) is 0 Å². The zero-order chi connectivity index (χ0) is 25.0. The molecule has 4 aromatic rings. The Morgan fingerprint density at radius 1 is 1.00 bits per heavy atom. The van der Waals surface area contributed by atoms with Gasteiger partial charge in [0.15, 0.2) is 0 Å². The molecule has 1 saturated heterocycles. The Morgan fingerprint density at radius 3 is 2.39 bits per heavy atom. The highest BCUT2D eigenvalue weighted by atomic mass is 19.1. The fraction of sp³-hybridized carbons (Fsp3) is 0.276. The molecule has 0 unspecified atom stereocenters. The van der Waals surface area contributed by atoms with Crippen LogP contribution in [-0.4, -0.2) is 27.6 Å². The predicted octanol–water partition coefficient (Wildman–Crippen LogP) is 5.17. The smallest absolute Gasteiger partial charge is 0.235 e. The van der Waals surface area contributed by atoms with Crippen LogP contribution >= 0.6 is 0 Å². The second kappa shape index (κ2) is 8.29. The summed E-state index contributed by atoms with van der Waals surface area (Å²) in [5.41, 5.74) is 2.53. The largest absolute Gasteiger partial charge is 0.350 e.